The summed E-state index contributed by atoms with van der Waals surface area (Å²) in [5.41, 5.74) is 3.87. The molecule has 2 aromatic rings. The first kappa shape index (κ1) is 15.4. The Kier molecular flexibility index (Phi) is 5.11. The van der Waals surface area contributed by atoms with Crippen molar-refractivity contribution in [3.8, 4) is 0 Å². The van der Waals surface area contributed by atoms with Crippen LogP contribution in [0.25, 0.3) is 11.0 Å². The van der Waals surface area contributed by atoms with Gasteiger partial charge in [-0.2, -0.15) is 0 Å². The number of H-pyrrole nitrogens is 1. The third-order valence-electron chi connectivity index (χ3n) is 3.19. The molecule has 0 spiro atoms. The highest BCUT2D eigenvalue weighted by atomic mass is 32.2. The average Bonchev–Trinajstić information content (AvgIpc) is 2.74. The lowest BCUT2D eigenvalue weighted by Gasteiger charge is -2.17. The van der Waals surface area contributed by atoms with E-state index >= 15 is 0 Å². The van der Waals surface area contributed by atoms with Gasteiger partial charge in [0.2, 0.25) is 0 Å². The van der Waals surface area contributed by atoms with E-state index in [1.54, 1.807) is 11.8 Å². The molecule has 0 fully saturated rings. The Labute approximate surface area is 125 Å². The highest BCUT2D eigenvalue weighted by Crippen LogP contribution is 2.20. The first-order chi connectivity index (χ1) is 9.44. The van der Waals surface area contributed by atoms with E-state index < -0.39 is 0 Å². The summed E-state index contributed by atoms with van der Waals surface area (Å²) in [5, 5.41) is 4.51. The van der Waals surface area contributed by atoms with Crippen molar-refractivity contribution in [3.63, 3.8) is 0 Å². The number of nitrogens with one attached hydrogen (secondary N) is 2. The molecule has 2 N–H and O–H groups in total. The second-order valence-corrected chi connectivity index (χ2v) is 7.56. The van der Waals surface area contributed by atoms with Crippen molar-refractivity contribution in [2.45, 2.75) is 39.3 Å². The van der Waals surface area contributed by atoms with E-state index in [2.05, 4.69) is 61.2 Å². The predicted molar refractivity (Wildman–Crippen MR) is 88.5 cm³/mol. The first-order valence-corrected chi connectivity index (χ1v) is 8.22. The molecule has 20 heavy (non-hydrogen) atoms. The highest BCUT2D eigenvalue weighted by Gasteiger charge is 2.08. The molecule has 1 heterocycles. The maximum absolute atomic E-state index is 4.59. The smallest absolute Gasteiger partial charge is 0.166 e. The van der Waals surface area contributed by atoms with Gasteiger partial charge >= 0.3 is 0 Å². The summed E-state index contributed by atoms with van der Waals surface area (Å²) < 4.78 is 0. The van der Waals surface area contributed by atoms with Gasteiger partial charge in [-0.05, 0) is 43.0 Å². The van der Waals surface area contributed by atoms with E-state index in [0.717, 1.165) is 35.0 Å². The summed E-state index contributed by atoms with van der Waals surface area (Å²) in [6.45, 7) is 11.0. The summed E-state index contributed by atoms with van der Waals surface area (Å²) >= 11 is 1.78. The Morgan fingerprint density at radius 1 is 1.25 bits per heavy atom. The van der Waals surface area contributed by atoms with Gasteiger partial charge in [0, 0.05) is 12.3 Å². The minimum absolute atomic E-state index is 0.413. The molecule has 0 radical (unpaired) electrons. The van der Waals surface area contributed by atoms with Crippen LogP contribution in [0.1, 0.15) is 32.8 Å². The van der Waals surface area contributed by atoms with Crippen LogP contribution in [0.3, 0.4) is 0 Å². The van der Waals surface area contributed by atoms with E-state index in [1.807, 2.05) is 0 Å². The molecule has 1 aromatic carbocycles. The molecule has 0 saturated carbocycles. The van der Waals surface area contributed by atoms with Crippen LogP contribution in [0.15, 0.2) is 23.4 Å². The number of rotatable bonds is 6. The van der Waals surface area contributed by atoms with E-state index in [9.17, 15) is 0 Å². The Morgan fingerprint density at radius 2 is 2.05 bits per heavy atom. The quantitative estimate of drug-likeness (QED) is 0.624. The number of benzene rings is 1. The van der Waals surface area contributed by atoms with E-state index in [0.29, 0.717) is 5.41 Å². The van der Waals surface area contributed by atoms with Crippen molar-refractivity contribution in [1.82, 2.24) is 15.3 Å². The normalized spacial score (nSPS) is 12.2. The molecule has 0 aliphatic rings. The fraction of sp³-hybridized carbons (Fsp3) is 0.562. The average molecular weight is 291 g/mol. The van der Waals surface area contributed by atoms with Crippen molar-refractivity contribution >= 4 is 22.8 Å². The number of thioether (sulfide) groups is 1. The zero-order chi connectivity index (χ0) is 14.6. The Bertz CT molecular complexity index is 554. The number of nitrogens with zero attached hydrogens (tertiary/aromatic N) is 1. The van der Waals surface area contributed by atoms with Crippen LogP contribution in [0.2, 0.25) is 0 Å². The zero-order valence-electron chi connectivity index (χ0n) is 12.9. The van der Waals surface area contributed by atoms with Crippen LogP contribution in [0.4, 0.5) is 0 Å². The van der Waals surface area contributed by atoms with Gasteiger partial charge in [-0.3, -0.25) is 0 Å². The van der Waals surface area contributed by atoms with Crippen molar-refractivity contribution < 1.29 is 0 Å². The third kappa shape index (κ3) is 4.84. The maximum Gasteiger partial charge on any atom is 0.166 e. The molecule has 0 bridgehead atoms. The van der Waals surface area contributed by atoms with Crippen LogP contribution in [0.5, 0.6) is 0 Å². The van der Waals surface area contributed by atoms with E-state index in [1.165, 1.54) is 12.0 Å². The maximum atomic E-state index is 4.59. The molecular weight excluding hydrogens is 266 g/mol. The van der Waals surface area contributed by atoms with Crippen LogP contribution in [-0.4, -0.2) is 28.8 Å². The number of aryl methyl sites for hydroxylation is 1. The summed E-state index contributed by atoms with van der Waals surface area (Å²) in [6.07, 6.45) is 1.21. The molecule has 0 atom stereocenters. The van der Waals surface area contributed by atoms with E-state index in [-0.39, 0.29) is 0 Å². The lowest BCUT2D eigenvalue weighted by atomic mass is 9.92. The SMILES string of the molecule is Cc1ccc2nc(SCCNCCC(C)(C)C)[nH]c2c1. The summed E-state index contributed by atoms with van der Waals surface area (Å²) in [7, 11) is 0. The van der Waals surface area contributed by atoms with Gasteiger partial charge in [-0.1, -0.05) is 38.6 Å². The Hall–Kier alpha value is -1.00. The van der Waals surface area contributed by atoms with Gasteiger partial charge in [0.1, 0.15) is 0 Å². The molecule has 3 nitrogen and oxygen atoms in total. The number of imidazole rings is 1. The number of hydrogen-bond acceptors (Lipinski definition) is 3. The number of aromatic nitrogens is 2. The monoisotopic (exact) mass is 291 g/mol. The van der Waals surface area contributed by atoms with Gasteiger partial charge in [0.25, 0.3) is 0 Å². The fourth-order valence-electron chi connectivity index (χ4n) is 1.98. The molecule has 0 saturated heterocycles. The molecule has 0 amide bonds. The molecule has 0 aliphatic heterocycles. The highest BCUT2D eigenvalue weighted by molar-refractivity contribution is 7.99. The molecule has 110 valence electrons. The Morgan fingerprint density at radius 3 is 2.80 bits per heavy atom. The van der Waals surface area contributed by atoms with Crippen molar-refractivity contribution in [1.29, 1.82) is 0 Å². The van der Waals surface area contributed by atoms with Gasteiger partial charge < -0.3 is 10.3 Å². The summed E-state index contributed by atoms with van der Waals surface area (Å²) in [4.78, 5) is 7.97. The largest absolute Gasteiger partial charge is 0.333 e. The van der Waals surface area contributed by atoms with Crippen LogP contribution < -0.4 is 5.32 Å². The molecule has 1 aromatic heterocycles. The zero-order valence-corrected chi connectivity index (χ0v) is 13.7. The van der Waals surface area contributed by atoms with Gasteiger partial charge in [0.15, 0.2) is 5.16 Å². The van der Waals surface area contributed by atoms with Gasteiger partial charge in [-0.25, -0.2) is 4.98 Å². The molecule has 2 rings (SSSR count). The van der Waals surface area contributed by atoms with Crippen molar-refractivity contribution in [3.05, 3.63) is 23.8 Å². The Balaban J connectivity index is 1.73. The molecular formula is C16H25N3S. The molecule has 0 aliphatic carbocycles. The minimum atomic E-state index is 0.413. The summed E-state index contributed by atoms with van der Waals surface area (Å²) in [5.74, 6) is 1.04. The number of aromatic amines is 1. The van der Waals surface area contributed by atoms with Gasteiger partial charge in [0.05, 0.1) is 11.0 Å². The van der Waals surface area contributed by atoms with Gasteiger partial charge in [-0.15, -0.1) is 0 Å². The number of fused-ring (bicyclic) bond motifs is 1. The second kappa shape index (κ2) is 6.64. The van der Waals surface area contributed by atoms with Crippen LogP contribution >= 0.6 is 11.8 Å². The first-order valence-electron chi connectivity index (χ1n) is 7.24. The second-order valence-electron chi connectivity index (χ2n) is 6.47. The molecule has 0 unspecified atom stereocenters. The third-order valence-corrected chi connectivity index (χ3v) is 4.06. The minimum Gasteiger partial charge on any atom is -0.333 e. The van der Waals surface area contributed by atoms with Crippen LogP contribution in [-0.2, 0) is 0 Å². The topological polar surface area (TPSA) is 40.7 Å². The number of hydrogen-bond donors (Lipinski definition) is 2. The lowest BCUT2D eigenvalue weighted by Crippen LogP contribution is -2.22. The standard InChI is InChI=1S/C16H25N3S/c1-12-5-6-13-14(11-12)19-15(18-13)20-10-9-17-8-7-16(2,3)4/h5-6,11,17H,7-10H2,1-4H3,(H,18,19). The summed E-state index contributed by atoms with van der Waals surface area (Å²) in [6, 6.07) is 6.33. The van der Waals surface area contributed by atoms with Crippen LogP contribution in [0, 0.1) is 12.3 Å². The molecule has 4 heteroatoms. The lowest BCUT2D eigenvalue weighted by molar-refractivity contribution is 0.369. The van der Waals surface area contributed by atoms with E-state index in [4.69, 9.17) is 0 Å². The fourth-order valence-corrected chi connectivity index (χ4v) is 2.76. The predicted octanol–water partition coefficient (Wildman–Crippen LogP) is 3.99. The van der Waals surface area contributed by atoms with Crippen molar-refractivity contribution in [2.75, 3.05) is 18.8 Å². The van der Waals surface area contributed by atoms with Crippen molar-refractivity contribution in [2.24, 2.45) is 5.41 Å².